The molecule has 2 aromatic carbocycles. The molecule has 0 aliphatic rings. The summed E-state index contributed by atoms with van der Waals surface area (Å²) in [6.07, 6.45) is 0. The van der Waals surface area contributed by atoms with E-state index in [4.69, 9.17) is 21.1 Å². The molecule has 2 rings (SSSR count). The fourth-order valence-electron chi connectivity index (χ4n) is 2.20. The lowest BCUT2D eigenvalue weighted by Gasteiger charge is -2.12. The number of hydrogen-bond acceptors (Lipinski definition) is 4. The van der Waals surface area contributed by atoms with E-state index in [2.05, 4.69) is 19.2 Å². The number of halogens is 1. The lowest BCUT2D eigenvalue weighted by molar-refractivity contribution is -0.149. The number of benzene rings is 2. The fraction of sp³-hybridized carbons (Fsp3) is 0.300. The fourth-order valence-corrected chi connectivity index (χ4v) is 2.39. The van der Waals surface area contributed by atoms with Crippen molar-refractivity contribution in [3.63, 3.8) is 0 Å². The monoisotopic (exact) mass is 375 g/mol. The SMILES string of the molecule is Cc1ccc(C(C)C)cc1OCC(=O)OCC(=O)Nc1ccccc1Cl. The molecule has 0 aliphatic carbocycles. The van der Waals surface area contributed by atoms with Gasteiger partial charge < -0.3 is 14.8 Å². The van der Waals surface area contributed by atoms with Crippen molar-refractivity contribution in [2.24, 2.45) is 0 Å². The van der Waals surface area contributed by atoms with Crippen molar-refractivity contribution in [2.45, 2.75) is 26.7 Å². The van der Waals surface area contributed by atoms with Crippen molar-refractivity contribution < 1.29 is 19.1 Å². The standard InChI is InChI=1S/C20H22ClNO4/c1-13(2)15-9-8-14(3)18(10-15)25-12-20(24)26-11-19(23)22-17-7-5-4-6-16(17)21/h4-10,13H,11-12H2,1-3H3,(H,22,23). The number of aryl methyl sites for hydroxylation is 1. The van der Waals surface area contributed by atoms with Gasteiger partial charge in [-0.3, -0.25) is 4.79 Å². The van der Waals surface area contributed by atoms with Gasteiger partial charge >= 0.3 is 5.97 Å². The number of esters is 1. The molecule has 0 saturated heterocycles. The van der Waals surface area contributed by atoms with Gasteiger partial charge in [-0.05, 0) is 42.2 Å². The molecule has 5 nitrogen and oxygen atoms in total. The molecule has 0 heterocycles. The Balaban J connectivity index is 1.81. The molecule has 0 spiro atoms. The molecule has 0 fully saturated rings. The first-order valence-corrected chi connectivity index (χ1v) is 8.68. The maximum Gasteiger partial charge on any atom is 0.344 e. The van der Waals surface area contributed by atoms with E-state index >= 15 is 0 Å². The molecule has 1 N–H and O–H groups in total. The minimum atomic E-state index is -0.617. The van der Waals surface area contributed by atoms with Gasteiger partial charge in [0.25, 0.3) is 5.91 Å². The molecule has 26 heavy (non-hydrogen) atoms. The second-order valence-corrected chi connectivity index (χ2v) is 6.56. The van der Waals surface area contributed by atoms with E-state index in [1.807, 2.05) is 25.1 Å². The molecule has 138 valence electrons. The van der Waals surface area contributed by atoms with Crippen molar-refractivity contribution in [2.75, 3.05) is 18.5 Å². The van der Waals surface area contributed by atoms with Gasteiger partial charge in [0.2, 0.25) is 0 Å². The van der Waals surface area contributed by atoms with Gasteiger partial charge in [0.15, 0.2) is 13.2 Å². The average molecular weight is 376 g/mol. The number of amides is 1. The molecule has 0 saturated carbocycles. The minimum Gasteiger partial charge on any atom is -0.482 e. The molecule has 6 heteroatoms. The van der Waals surface area contributed by atoms with Crippen LogP contribution in [0.5, 0.6) is 5.75 Å². The lowest BCUT2D eigenvalue weighted by atomic mass is 10.0. The van der Waals surface area contributed by atoms with Crippen molar-refractivity contribution in [1.82, 2.24) is 0 Å². The number of nitrogens with one attached hydrogen (secondary N) is 1. The lowest BCUT2D eigenvalue weighted by Crippen LogP contribution is -2.23. The van der Waals surface area contributed by atoms with Crippen molar-refractivity contribution in [3.05, 3.63) is 58.6 Å². The minimum absolute atomic E-state index is 0.262. The zero-order chi connectivity index (χ0) is 19.1. The average Bonchev–Trinajstić information content (AvgIpc) is 2.61. The van der Waals surface area contributed by atoms with E-state index in [1.54, 1.807) is 24.3 Å². The highest BCUT2D eigenvalue weighted by atomic mass is 35.5. The number of hydrogen-bond donors (Lipinski definition) is 1. The summed E-state index contributed by atoms with van der Waals surface area (Å²) in [6.45, 7) is 5.41. The van der Waals surface area contributed by atoms with Crippen molar-refractivity contribution >= 4 is 29.2 Å². The van der Waals surface area contributed by atoms with Crippen LogP contribution in [0.3, 0.4) is 0 Å². The Kier molecular flexibility index (Phi) is 7.04. The maximum atomic E-state index is 11.8. The smallest absolute Gasteiger partial charge is 0.344 e. The van der Waals surface area contributed by atoms with Crippen LogP contribution in [0.2, 0.25) is 5.02 Å². The number of anilines is 1. The molecule has 0 bridgehead atoms. The van der Waals surface area contributed by atoms with Crippen molar-refractivity contribution in [3.8, 4) is 5.75 Å². The number of carbonyl (C=O) groups excluding carboxylic acids is 2. The zero-order valence-corrected chi connectivity index (χ0v) is 15.8. The highest BCUT2D eigenvalue weighted by molar-refractivity contribution is 6.33. The van der Waals surface area contributed by atoms with Crippen LogP contribution in [-0.2, 0) is 14.3 Å². The summed E-state index contributed by atoms with van der Waals surface area (Å²) in [4.78, 5) is 23.6. The van der Waals surface area contributed by atoms with Crippen LogP contribution in [0, 0.1) is 6.92 Å². The molecule has 2 aromatic rings. The summed E-state index contributed by atoms with van der Waals surface area (Å²) in [7, 11) is 0. The van der Waals surface area contributed by atoms with E-state index in [9.17, 15) is 9.59 Å². The van der Waals surface area contributed by atoms with Gasteiger partial charge in [-0.25, -0.2) is 4.79 Å². The quantitative estimate of drug-likeness (QED) is 0.731. The molecule has 0 radical (unpaired) electrons. The first-order valence-electron chi connectivity index (χ1n) is 8.30. The van der Waals surface area contributed by atoms with Crippen LogP contribution in [0.15, 0.2) is 42.5 Å². The molecule has 1 amide bonds. The Bertz CT molecular complexity index is 789. The van der Waals surface area contributed by atoms with E-state index in [-0.39, 0.29) is 6.61 Å². The van der Waals surface area contributed by atoms with Gasteiger partial charge in [-0.1, -0.05) is 49.7 Å². The number of ether oxygens (including phenoxy) is 2. The summed E-state index contributed by atoms with van der Waals surface area (Å²) in [5.41, 5.74) is 2.52. The van der Waals surface area contributed by atoms with E-state index in [0.717, 1.165) is 11.1 Å². The Labute approximate surface area is 158 Å². The van der Waals surface area contributed by atoms with Crippen LogP contribution >= 0.6 is 11.6 Å². The van der Waals surface area contributed by atoms with Crippen molar-refractivity contribution in [1.29, 1.82) is 0 Å². The topological polar surface area (TPSA) is 64.6 Å². The second-order valence-electron chi connectivity index (χ2n) is 6.16. The maximum absolute atomic E-state index is 11.8. The van der Waals surface area contributed by atoms with Gasteiger partial charge in [-0.15, -0.1) is 0 Å². The third kappa shape index (κ3) is 5.77. The third-order valence-corrected chi connectivity index (χ3v) is 4.07. The Morgan fingerprint density at radius 1 is 1.12 bits per heavy atom. The predicted octanol–water partition coefficient (Wildman–Crippen LogP) is 4.33. The predicted molar refractivity (Wildman–Crippen MR) is 102 cm³/mol. The number of para-hydroxylation sites is 1. The van der Waals surface area contributed by atoms with Crippen LogP contribution in [-0.4, -0.2) is 25.1 Å². The normalized spacial score (nSPS) is 10.5. The van der Waals surface area contributed by atoms with Gasteiger partial charge in [-0.2, -0.15) is 0 Å². The second kappa shape index (κ2) is 9.25. The summed E-state index contributed by atoms with van der Waals surface area (Å²) >= 11 is 5.96. The molecule has 0 atom stereocenters. The van der Waals surface area contributed by atoms with Crippen LogP contribution in [0.1, 0.15) is 30.9 Å². The molecule has 0 aliphatic heterocycles. The van der Waals surface area contributed by atoms with E-state index < -0.39 is 18.5 Å². The highest BCUT2D eigenvalue weighted by Crippen LogP contribution is 2.24. The molecular weight excluding hydrogens is 354 g/mol. The van der Waals surface area contributed by atoms with Crippen LogP contribution in [0.4, 0.5) is 5.69 Å². The first kappa shape index (κ1) is 19.8. The van der Waals surface area contributed by atoms with Crippen LogP contribution in [0.25, 0.3) is 0 Å². The number of rotatable bonds is 7. The van der Waals surface area contributed by atoms with Gasteiger partial charge in [0.05, 0.1) is 10.7 Å². The zero-order valence-electron chi connectivity index (χ0n) is 15.0. The Morgan fingerprint density at radius 3 is 2.54 bits per heavy atom. The Morgan fingerprint density at radius 2 is 1.85 bits per heavy atom. The van der Waals surface area contributed by atoms with Crippen LogP contribution < -0.4 is 10.1 Å². The van der Waals surface area contributed by atoms with E-state index in [0.29, 0.717) is 22.4 Å². The van der Waals surface area contributed by atoms with Gasteiger partial charge in [0.1, 0.15) is 5.75 Å². The highest BCUT2D eigenvalue weighted by Gasteiger charge is 2.11. The first-order chi connectivity index (χ1) is 12.4. The molecular formula is C20H22ClNO4. The van der Waals surface area contributed by atoms with Gasteiger partial charge in [0, 0.05) is 0 Å². The third-order valence-electron chi connectivity index (χ3n) is 3.74. The molecule has 0 unspecified atom stereocenters. The summed E-state index contributed by atoms with van der Waals surface area (Å²) in [5.74, 6) is -0.0924. The summed E-state index contributed by atoms with van der Waals surface area (Å²) in [6, 6.07) is 12.7. The Hall–Kier alpha value is -2.53. The largest absolute Gasteiger partial charge is 0.482 e. The summed E-state index contributed by atoms with van der Waals surface area (Å²) < 4.78 is 10.5. The van der Waals surface area contributed by atoms with E-state index in [1.165, 1.54) is 0 Å². The number of carbonyl (C=O) groups is 2. The summed E-state index contributed by atoms with van der Waals surface area (Å²) in [5, 5.41) is 2.99. The molecule has 0 aromatic heterocycles.